The molecule has 0 aliphatic heterocycles. The van der Waals surface area contributed by atoms with Crippen molar-refractivity contribution in [3.63, 3.8) is 0 Å². The minimum Gasteiger partial charge on any atom is -0.322 e. The van der Waals surface area contributed by atoms with Crippen LogP contribution in [-0.4, -0.2) is 22.5 Å². The van der Waals surface area contributed by atoms with Crippen LogP contribution < -0.4 is 10.9 Å². The number of carbonyl (C=O) groups is 1. The number of aromatic amines is 1. The normalized spacial score (nSPS) is 10.9. The Labute approximate surface area is 191 Å². The largest absolute Gasteiger partial charge is 0.322 e. The number of nitrogens with one attached hydrogen (secondary N) is 2. The Morgan fingerprint density at radius 3 is 2.48 bits per heavy atom. The van der Waals surface area contributed by atoms with Gasteiger partial charge in [0.2, 0.25) is 0 Å². The van der Waals surface area contributed by atoms with Gasteiger partial charge in [-0.3, -0.25) is 4.79 Å². The van der Waals surface area contributed by atoms with Crippen LogP contribution in [0.1, 0.15) is 22.3 Å². The molecule has 4 rings (SSSR count). The number of halogens is 1. The van der Waals surface area contributed by atoms with Gasteiger partial charge in [0.15, 0.2) is 0 Å². The van der Waals surface area contributed by atoms with Gasteiger partial charge in [0, 0.05) is 23.3 Å². The smallest absolute Gasteiger partial charge is 0.322 e. The zero-order chi connectivity index (χ0) is 23.4. The van der Waals surface area contributed by atoms with Crippen LogP contribution in [0.3, 0.4) is 0 Å². The van der Waals surface area contributed by atoms with Gasteiger partial charge in [0.1, 0.15) is 5.82 Å². The Balaban J connectivity index is 1.61. The van der Waals surface area contributed by atoms with Crippen molar-refractivity contribution in [2.24, 2.45) is 0 Å². The summed E-state index contributed by atoms with van der Waals surface area (Å²) in [6.07, 6.45) is 0.647. The second kappa shape index (κ2) is 9.69. The predicted molar refractivity (Wildman–Crippen MR) is 130 cm³/mol. The van der Waals surface area contributed by atoms with Gasteiger partial charge >= 0.3 is 6.03 Å². The minimum absolute atomic E-state index is 0.151. The molecular weight excluding hydrogens is 417 g/mol. The molecule has 0 atom stereocenters. The lowest BCUT2D eigenvalue weighted by Crippen LogP contribution is -2.37. The van der Waals surface area contributed by atoms with E-state index < -0.39 is 0 Å². The van der Waals surface area contributed by atoms with E-state index in [2.05, 4.69) is 10.3 Å². The number of fused-ring (bicyclic) bond motifs is 1. The van der Waals surface area contributed by atoms with E-state index in [-0.39, 0.29) is 24.0 Å². The van der Waals surface area contributed by atoms with Gasteiger partial charge in [-0.25, -0.2) is 9.18 Å². The standard InChI is InChI=1S/C27H26FN3O2/c1-18-7-12-25-21(15-18)16-22(26(32)30-25)17-31(14-13-20-6-4-3-5-19(20)2)27(33)29-24-10-8-23(28)9-11-24/h3-12,15-16H,13-14,17H2,1-2H3,(H,29,33)(H,30,32). The predicted octanol–water partition coefficient (Wildman–Crippen LogP) is 5.56. The molecule has 1 heterocycles. The fraction of sp³-hybridized carbons (Fsp3) is 0.185. The number of urea groups is 1. The lowest BCUT2D eigenvalue weighted by Gasteiger charge is -2.23. The van der Waals surface area contributed by atoms with E-state index in [4.69, 9.17) is 0 Å². The molecule has 0 spiro atoms. The molecule has 33 heavy (non-hydrogen) atoms. The van der Waals surface area contributed by atoms with Crippen LogP contribution >= 0.6 is 0 Å². The van der Waals surface area contributed by atoms with Gasteiger partial charge < -0.3 is 15.2 Å². The summed E-state index contributed by atoms with van der Waals surface area (Å²) in [6, 6.07) is 21.0. The van der Waals surface area contributed by atoms with Gasteiger partial charge in [-0.05, 0) is 79.2 Å². The molecule has 0 saturated carbocycles. The third kappa shape index (κ3) is 5.47. The molecule has 0 radical (unpaired) electrons. The molecule has 0 fully saturated rings. The first-order chi connectivity index (χ1) is 15.9. The molecule has 6 heteroatoms. The Hall–Kier alpha value is -3.93. The van der Waals surface area contributed by atoms with E-state index in [0.717, 1.165) is 27.6 Å². The molecule has 1 aromatic heterocycles. The summed E-state index contributed by atoms with van der Waals surface area (Å²) < 4.78 is 13.3. The quantitative estimate of drug-likeness (QED) is 0.410. The molecule has 0 unspecified atom stereocenters. The third-order valence-corrected chi connectivity index (χ3v) is 5.73. The molecule has 0 aliphatic carbocycles. The number of anilines is 1. The van der Waals surface area contributed by atoms with E-state index in [1.165, 1.54) is 24.3 Å². The maximum absolute atomic E-state index is 13.3. The molecule has 5 nitrogen and oxygen atoms in total. The van der Waals surface area contributed by atoms with Crippen LogP contribution in [0.4, 0.5) is 14.9 Å². The van der Waals surface area contributed by atoms with E-state index in [1.54, 1.807) is 4.90 Å². The molecule has 0 bridgehead atoms. The Kier molecular flexibility index (Phi) is 6.54. The maximum Gasteiger partial charge on any atom is 0.322 e. The number of aryl methyl sites for hydroxylation is 2. The van der Waals surface area contributed by atoms with Crippen LogP contribution in [0, 0.1) is 19.7 Å². The first kappa shape index (κ1) is 22.3. The highest BCUT2D eigenvalue weighted by Crippen LogP contribution is 2.16. The van der Waals surface area contributed by atoms with Crippen molar-refractivity contribution in [2.45, 2.75) is 26.8 Å². The van der Waals surface area contributed by atoms with Gasteiger partial charge in [-0.1, -0.05) is 35.9 Å². The van der Waals surface area contributed by atoms with Gasteiger partial charge in [-0.2, -0.15) is 0 Å². The number of aromatic nitrogens is 1. The Morgan fingerprint density at radius 2 is 1.73 bits per heavy atom. The molecular formula is C27H26FN3O2. The van der Waals surface area contributed by atoms with Gasteiger partial charge in [-0.15, -0.1) is 0 Å². The van der Waals surface area contributed by atoms with E-state index in [1.807, 2.05) is 62.4 Å². The number of amides is 2. The number of rotatable bonds is 6. The first-order valence-electron chi connectivity index (χ1n) is 10.9. The second-order valence-electron chi connectivity index (χ2n) is 8.25. The maximum atomic E-state index is 13.3. The van der Waals surface area contributed by atoms with E-state index in [0.29, 0.717) is 24.2 Å². The summed E-state index contributed by atoms with van der Waals surface area (Å²) in [7, 11) is 0. The molecule has 2 amide bonds. The van der Waals surface area contributed by atoms with Crippen LogP contribution in [0.25, 0.3) is 10.9 Å². The van der Waals surface area contributed by atoms with Crippen molar-refractivity contribution in [2.75, 3.05) is 11.9 Å². The third-order valence-electron chi connectivity index (χ3n) is 5.73. The number of benzene rings is 3. The summed E-state index contributed by atoms with van der Waals surface area (Å²) >= 11 is 0. The van der Waals surface area contributed by atoms with Crippen molar-refractivity contribution >= 4 is 22.6 Å². The summed E-state index contributed by atoms with van der Waals surface area (Å²) in [4.78, 5) is 30.4. The number of pyridine rings is 1. The fourth-order valence-electron chi connectivity index (χ4n) is 3.83. The number of carbonyl (C=O) groups excluding carboxylic acids is 1. The number of nitrogens with zero attached hydrogens (tertiary/aromatic N) is 1. The van der Waals surface area contributed by atoms with Crippen molar-refractivity contribution in [3.8, 4) is 0 Å². The summed E-state index contributed by atoms with van der Waals surface area (Å²) in [6.45, 7) is 4.60. The number of hydrogen-bond acceptors (Lipinski definition) is 2. The topological polar surface area (TPSA) is 65.2 Å². The average Bonchev–Trinajstić information content (AvgIpc) is 2.79. The highest BCUT2D eigenvalue weighted by atomic mass is 19.1. The molecule has 2 N–H and O–H groups in total. The van der Waals surface area contributed by atoms with E-state index in [9.17, 15) is 14.0 Å². The van der Waals surface area contributed by atoms with E-state index >= 15 is 0 Å². The molecule has 0 saturated heterocycles. The fourth-order valence-corrected chi connectivity index (χ4v) is 3.83. The summed E-state index contributed by atoms with van der Waals surface area (Å²) in [5.74, 6) is -0.373. The molecule has 3 aromatic carbocycles. The van der Waals surface area contributed by atoms with Crippen molar-refractivity contribution in [1.82, 2.24) is 9.88 Å². The molecule has 4 aromatic rings. The highest BCUT2D eigenvalue weighted by Gasteiger charge is 2.17. The lowest BCUT2D eigenvalue weighted by atomic mass is 10.1. The van der Waals surface area contributed by atoms with Crippen LogP contribution in [0.2, 0.25) is 0 Å². The highest BCUT2D eigenvalue weighted by molar-refractivity contribution is 5.89. The Bertz CT molecular complexity index is 1350. The van der Waals surface area contributed by atoms with Crippen LogP contribution in [0.5, 0.6) is 0 Å². The average molecular weight is 444 g/mol. The lowest BCUT2D eigenvalue weighted by molar-refractivity contribution is 0.209. The van der Waals surface area contributed by atoms with Crippen molar-refractivity contribution < 1.29 is 9.18 Å². The van der Waals surface area contributed by atoms with Gasteiger partial charge in [0.05, 0.1) is 6.54 Å². The zero-order valence-corrected chi connectivity index (χ0v) is 18.7. The first-order valence-corrected chi connectivity index (χ1v) is 10.9. The second-order valence-corrected chi connectivity index (χ2v) is 8.25. The zero-order valence-electron chi connectivity index (χ0n) is 18.7. The molecule has 168 valence electrons. The SMILES string of the molecule is Cc1ccc2[nH]c(=O)c(CN(CCc3ccccc3C)C(=O)Nc3ccc(F)cc3)cc2c1. The van der Waals surface area contributed by atoms with Crippen molar-refractivity contribution in [1.29, 1.82) is 0 Å². The summed E-state index contributed by atoms with van der Waals surface area (Å²) in [5.41, 5.74) is 4.91. The Morgan fingerprint density at radius 1 is 0.970 bits per heavy atom. The summed E-state index contributed by atoms with van der Waals surface area (Å²) in [5, 5.41) is 3.73. The van der Waals surface area contributed by atoms with Crippen LogP contribution in [-0.2, 0) is 13.0 Å². The van der Waals surface area contributed by atoms with Crippen molar-refractivity contribution in [3.05, 3.63) is 111 Å². The van der Waals surface area contributed by atoms with Gasteiger partial charge in [0.25, 0.3) is 5.56 Å². The number of hydrogen-bond donors (Lipinski definition) is 2. The van der Waals surface area contributed by atoms with Crippen LogP contribution in [0.15, 0.2) is 77.6 Å². The monoisotopic (exact) mass is 443 g/mol. The molecule has 0 aliphatic rings. The number of H-pyrrole nitrogens is 1. The minimum atomic E-state index is -0.373.